The molecule has 108 valence electrons. The number of aldehydes is 1. The van der Waals surface area contributed by atoms with Gasteiger partial charge in [0.25, 0.3) is 0 Å². The average molecular weight is 307 g/mol. The third kappa shape index (κ3) is 4.39. The third-order valence-corrected chi connectivity index (χ3v) is 3.09. The number of rotatable bonds is 6. The minimum Gasteiger partial charge on any atom is -0.484 e. The lowest BCUT2D eigenvalue weighted by Crippen LogP contribution is -2.14. The molecule has 3 nitrogen and oxygen atoms in total. The van der Waals surface area contributed by atoms with E-state index in [9.17, 15) is 14.0 Å². The molecule has 0 saturated heterocycles. The highest BCUT2D eigenvalue weighted by Crippen LogP contribution is 2.24. The van der Waals surface area contributed by atoms with Gasteiger partial charge < -0.3 is 4.74 Å². The van der Waals surface area contributed by atoms with Crippen LogP contribution in [0.4, 0.5) is 4.39 Å². The Morgan fingerprint density at radius 1 is 1.19 bits per heavy atom. The minimum atomic E-state index is -0.343. The van der Waals surface area contributed by atoms with Gasteiger partial charge in [0, 0.05) is 12.0 Å². The van der Waals surface area contributed by atoms with Gasteiger partial charge in [-0.3, -0.25) is 9.59 Å². The van der Waals surface area contributed by atoms with Gasteiger partial charge in [-0.05, 0) is 35.9 Å². The van der Waals surface area contributed by atoms with Gasteiger partial charge in [-0.2, -0.15) is 0 Å². The molecule has 0 bridgehead atoms. The van der Waals surface area contributed by atoms with E-state index in [4.69, 9.17) is 16.3 Å². The molecule has 2 aromatic carbocycles. The lowest BCUT2D eigenvalue weighted by molar-refractivity contribution is -0.120. The topological polar surface area (TPSA) is 43.4 Å². The average Bonchev–Trinajstić information content (AvgIpc) is 2.48. The Bertz CT molecular complexity index is 653. The van der Waals surface area contributed by atoms with Crippen LogP contribution in [0.3, 0.4) is 0 Å². The number of ketones is 1. The van der Waals surface area contributed by atoms with E-state index in [-0.39, 0.29) is 29.7 Å². The lowest BCUT2D eigenvalue weighted by atomic mass is 10.1. The molecule has 0 radical (unpaired) electrons. The van der Waals surface area contributed by atoms with Crippen LogP contribution in [0.15, 0.2) is 42.5 Å². The number of carbonyl (C=O) groups excluding carboxylic acids is 2. The van der Waals surface area contributed by atoms with Crippen LogP contribution in [-0.4, -0.2) is 18.7 Å². The van der Waals surface area contributed by atoms with E-state index in [2.05, 4.69) is 0 Å². The summed E-state index contributed by atoms with van der Waals surface area (Å²) in [6.07, 6.45) is 0.833. The smallest absolute Gasteiger partial charge is 0.174 e. The number of halogens is 2. The maximum atomic E-state index is 12.8. The van der Waals surface area contributed by atoms with E-state index < -0.39 is 0 Å². The Labute approximate surface area is 126 Å². The summed E-state index contributed by atoms with van der Waals surface area (Å²) in [6.45, 7) is -0.141. The maximum Gasteiger partial charge on any atom is 0.174 e. The fourth-order valence-corrected chi connectivity index (χ4v) is 1.99. The summed E-state index contributed by atoms with van der Waals surface area (Å²) in [5.41, 5.74) is 1.15. The van der Waals surface area contributed by atoms with Crippen molar-refractivity contribution in [2.24, 2.45) is 0 Å². The van der Waals surface area contributed by atoms with Crippen LogP contribution in [-0.2, 0) is 11.2 Å². The monoisotopic (exact) mass is 306 g/mol. The normalized spacial score (nSPS) is 10.2. The van der Waals surface area contributed by atoms with Gasteiger partial charge in [0.1, 0.15) is 24.5 Å². The van der Waals surface area contributed by atoms with Crippen LogP contribution >= 0.6 is 11.6 Å². The van der Waals surface area contributed by atoms with E-state index in [1.54, 1.807) is 18.2 Å². The maximum absolute atomic E-state index is 12.8. The summed E-state index contributed by atoms with van der Waals surface area (Å²) in [6, 6.07) is 10.3. The van der Waals surface area contributed by atoms with Crippen molar-refractivity contribution in [1.29, 1.82) is 0 Å². The Morgan fingerprint density at radius 3 is 2.52 bits per heavy atom. The zero-order valence-corrected chi connectivity index (χ0v) is 11.8. The minimum absolute atomic E-state index is 0.141. The predicted molar refractivity (Wildman–Crippen MR) is 77.4 cm³/mol. The van der Waals surface area contributed by atoms with Crippen molar-refractivity contribution < 1.29 is 18.7 Å². The van der Waals surface area contributed by atoms with Crippen LogP contribution in [0.5, 0.6) is 5.75 Å². The van der Waals surface area contributed by atoms with Crippen molar-refractivity contribution in [3.05, 3.63) is 64.4 Å². The molecule has 0 aromatic heterocycles. The van der Waals surface area contributed by atoms with E-state index >= 15 is 0 Å². The highest BCUT2D eigenvalue weighted by Gasteiger charge is 2.08. The van der Waals surface area contributed by atoms with E-state index in [0.717, 1.165) is 0 Å². The van der Waals surface area contributed by atoms with Crippen LogP contribution in [0.25, 0.3) is 0 Å². The van der Waals surface area contributed by atoms with Crippen LogP contribution in [0.2, 0.25) is 5.02 Å². The summed E-state index contributed by atoms with van der Waals surface area (Å²) < 4.78 is 18.1. The summed E-state index contributed by atoms with van der Waals surface area (Å²) >= 11 is 5.93. The molecule has 0 fully saturated rings. The molecule has 2 aromatic rings. The quantitative estimate of drug-likeness (QED) is 0.767. The third-order valence-electron chi connectivity index (χ3n) is 2.80. The first-order valence-electron chi connectivity index (χ1n) is 6.22. The molecule has 21 heavy (non-hydrogen) atoms. The second-order valence-corrected chi connectivity index (χ2v) is 4.85. The van der Waals surface area contributed by atoms with Crippen molar-refractivity contribution in [1.82, 2.24) is 0 Å². The van der Waals surface area contributed by atoms with Crippen molar-refractivity contribution in [3.63, 3.8) is 0 Å². The molecule has 0 N–H and O–H groups in total. The van der Waals surface area contributed by atoms with Gasteiger partial charge in [-0.15, -0.1) is 0 Å². The SMILES string of the molecule is O=Cc1ccc(OCC(=O)Cc2ccc(F)cc2)c(Cl)c1. The van der Waals surface area contributed by atoms with Gasteiger partial charge in [0.05, 0.1) is 5.02 Å². The van der Waals surface area contributed by atoms with Gasteiger partial charge in [0.2, 0.25) is 0 Å². The number of hydrogen-bond acceptors (Lipinski definition) is 3. The number of hydrogen-bond donors (Lipinski definition) is 0. The van der Waals surface area contributed by atoms with Crippen molar-refractivity contribution in [3.8, 4) is 5.75 Å². The Hall–Kier alpha value is -2.20. The molecule has 0 saturated carbocycles. The largest absolute Gasteiger partial charge is 0.484 e. The predicted octanol–water partition coefficient (Wildman–Crippen LogP) is 3.48. The molecule has 0 spiro atoms. The molecule has 0 atom stereocenters. The van der Waals surface area contributed by atoms with E-state index in [1.165, 1.54) is 24.3 Å². The highest BCUT2D eigenvalue weighted by atomic mass is 35.5. The summed E-state index contributed by atoms with van der Waals surface area (Å²) in [5.74, 6) is -0.156. The Morgan fingerprint density at radius 2 is 1.90 bits per heavy atom. The number of ether oxygens (including phenoxy) is 1. The molecule has 0 aliphatic heterocycles. The first kappa shape index (κ1) is 15.2. The second kappa shape index (κ2) is 6.99. The molecule has 0 heterocycles. The standard InChI is InChI=1S/C16H12ClFO3/c17-15-8-12(9-19)3-6-16(15)21-10-14(20)7-11-1-4-13(18)5-2-11/h1-6,8-9H,7,10H2. The molecule has 2 rings (SSSR count). The highest BCUT2D eigenvalue weighted by molar-refractivity contribution is 6.32. The summed E-state index contributed by atoms with van der Waals surface area (Å²) in [4.78, 5) is 22.4. The molecule has 0 aliphatic carbocycles. The molecule has 0 unspecified atom stereocenters. The molecular formula is C16H12ClFO3. The van der Waals surface area contributed by atoms with Gasteiger partial charge in [-0.25, -0.2) is 4.39 Å². The fraction of sp³-hybridized carbons (Fsp3) is 0.125. The molecule has 0 amide bonds. The van der Waals surface area contributed by atoms with E-state index in [1.807, 2.05) is 0 Å². The van der Waals surface area contributed by atoms with Crippen LogP contribution in [0.1, 0.15) is 15.9 Å². The van der Waals surface area contributed by atoms with Gasteiger partial charge >= 0.3 is 0 Å². The van der Waals surface area contributed by atoms with Crippen molar-refractivity contribution in [2.75, 3.05) is 6.61 Å². The van der Waals surface area contributed by atoms with Gasteiger partial charge in [0.15, 0.2) is 5.78 Å². The zero-order valence-electron chi connectivity index (χ0n) is 11.0. The molecule has 5 heteroatoms. The fourth-order valence-electron chi connectivity index (χ4n) is 1.75. The first-order valence-corrected chi connectivity index (χ1v) is 6.60. The first-order chi connectivity index (χ1) is 10.1. The number of Topliss-reactive ketones (excluding diaryl/α,β-unsaturated/α-hetero) is 1. The van der Waals surface area contributed by atoms with Crippen LogP contribution < -0.4 is 4.74 Å². The molecule has 0 aliphatic rings. The Balaban J connectivity index is 1.92. The zero-order chi connectivity index (χ0) is 15.2. The van der Waals surface area contributed by atoms with Crippen molar-refractivity contribution in [2.45, 2.75) is 6.42 Å². The Kier molecular flexibility index (Phi) is 5.06. The van der Waals surface area contributed by atoms with E-state index in [0.29, 0.717) is 23.2 Å². The second-order valence-electron chi connectivity index (χ2n) is 4.44. The number of carbonyl (C=O) groups is 2. The van der Waals surface area contributed by atoms with Gasteiger partial charge in [-0.1, -0.05) is 23.7 Å². The summed E-state index contributed by atoms with van der Waals surface area (Å²) in [7, 11) is 0. The number of benzene rings is 2. The van der Waals surface area contributed by atoms with Crippen LogP contribution in [0, 0.1) is 5.82 Å². The lowest BCUT2D eigenvalue weighted by Gasteiger charge is -2.07. The molecular weight excluding hydrogens is 295 g/mol. The van der Waals surface area contributed by atoms with Crippen molar-refractivity contribution >= 4 is 23.7 Å². The summed E-state index contributed by atoms with van der Waals surface area (Å²) in [5, 5.41) is 0.272.